The average molecular weight is 225 g/mol. The van der Waals surface area contributed by atoms with Gasteiger partial charge < -0.3 is 9.84 Å². The van der Waals surface area contributed by atoms with Gasteiger partial charge in [-0.1, -0.05) is 0 Å². The fourth-order valence-electron chi connectivity index (χ4n) is 0.776. The number of allylic oxidation sites excluding steroid dienone is 1. The summed E-state index contributed by atoms with van der Waals surface area (Å²) in [5.74, 6) is -2.25. The van der Waals surface area contributed by atoms with Crippen LogP contribution in [-0.4, -0.2) is 29.6 Å². The van der Waals surface area contributed by atoms with E-state index in [2.05, 4.69) is 4.74 Å². The number of aliphatic hydroxyl groups excluding tert-OH is 1. The molecule has 86 valence electrons. The van der Waals surface area contributed by atoms with E-state index in [-0.39, 0.29) is 6.61 Å². The zero-order valence-corrected chi connectivity index (χ0v) is 8.10. The SMILES string of the molecule is CCOC(=O)/C(C(=N)C(F)(F)F)=C(/C)O. The van der Waals surface area contributed by atoms with Gasteiger partial charge in [0.25, 0.3) is 0 Å². The number of nitrogens with one attached hydrogen (secondary N) is 1. The normalized spacial score (nSPS) is 13.1. The third-order valence-electron chi connectivity index (χ3n) is 1.37. The minimum atomic E-state index is -4.99. The highest BCUT2D eigenvalue weighted by Crippen LogP contribution is 2.23. The second kappa shape index (κ2) is 4.81. The number of halogens is 3. The molecule has 7 heteroatoms. The Labute approximate surface area is 83.9 Å². The van der Waals surface area contributed by atoms with E-state index in [9.17, 15) is 18.0 Å². The minimum absolute atomic E-state index is 0.138. The molecule has 0 aliphatic rings. The van der Waals surface area contributed by atoms with Crippen molar-refractivity contribution in [3.8, 4) is 0 Å². The second-order valence-electron chi connectivity index (χ2n) is 2.55. The van der Waals surface area contributed by atoms with Gasteiger partial charge >= 0.3 is 12.1 Å². The summed E-state index contributed by atoms with van der Waals surface area (Å²) in [5, 5.41) is 15.6. The van der Waals surface area contributed by atoms with Crippen LogP contribution in [-0.2, 0) is 9.53 Å². The molecule has 0 atom stereocenters. The van der Waals surface area contributed by atoms with Crippen molar-refractivity contribution in [2.75, 3.05) is 6.61 Å². The van der Waals surface area contributed by atoms with Crippen molar-refractivity contribution in [2.45, 2.75) is 20.0 Å². The van der Waals surface area contributed by atoms with Gasteiger partial charge in [-0.3, -0.25) is 5.41 Å². The lowest BCUT2D eigenvalue weighted by molar-refractivity contribution is -0.138. The first-order chi connectivity index (χ1) is 6.71. The van der Waals surface area contributed by atoms with E-state index in [0.717, 1.165) is 6.92 Å². The van der Waals surface area contributed by atoms with Crippen molar-refractivity contribution in [1.29, 1.82) is 5.41 Å². The number of rotatable bonds is 3. The summed E-state index contributed by atoms with van der Waals surface area (Å²) < 4.78 is 40.5. The molecule has 0 heterocycles. The molecule has 0 saturated heterocycles. The standard InChI is InChI=1S/C8H10F3NO3/c1-3-15-7(14)5(4(2)13)6(12)8(9,10)11/h12-13H,3H2,1-2H3/b5-4-,12-6?. The molecule has 0 aromatic heterocycles. The fourth-order valence-corrected chi connectivity index (χ4v) is 0.776. The van der Waals surface area contributed by atoms with Crippen LogP contribution in [0.2, 0.25) is 0 Å². The predicted molar refractivity (Wildman–Crippen MR) is 45.7 cm³/mol. The van der Waals surface area contributed by atoms with Gasteiger partial charge in [-0.05, 0) is 13.8 Å². The highest BCUT2D eigenvalue weighted by Gasteiger charge is 2.40. The summed E-state index contributed by atoms with van der Waals surface area (Å²) in [4.78, 5) is 11.0. The van der Waals surface area contributed by atoms with E-state index in [1.165, 1.54) is 6.92 Å². The molecule has 0 rings (SSSR count). The molecular weight excluding hydrogens is 215 g/mol. The van der Waals surface area contributed by atoms with Crippen molar-refractivity contribution in [3.63, 3.8) is 0 Å². The largest absolute Gasteiger partial charge is 0.512 e. The minimum Gasteiger partial charge on any atom is -0.512 e. The second-order valence-corrected chi connectivity index (χ2v) is 2.55. The van der Waals surface area contributed by atoms with Gasteiger partial charge in [-0.2, -0.15) is 13.2 Å². The summed E-state index contributed by atoms with van der Waals surface area (Å²) in [6, 6.07) is 0. The van der Waals surface area contributed by atoms with Gasteiger partial charge in [0, 0.05) is 0 Å². The average Bonchev–Trinajstić information content (AvgIpc) is 2.02. The van der Waals surface area contributed by atoms with Crippen LogP contribution in [0.25, 0.3) is 0 Å². The third-order valence-corrected chi connectivity index (χ3v) is 1.37. The Morgan fingerprint density at radius 2 is 1.93 bits per heavy atom. The highest BCUT2D eigenvalue weighted by molar-refractivity contribution is 6.20. The lowest BCUT2D eigenvalue weighted by atomic mass is 10.1. The maximum absolute atomic E-state index is 12.1. The van der Waals surface area contributed by atoms with Crippen LogP contribution in [0, 0.1) is 5.41 Å². The molecular formula is C8H10F3NO3. The summed E-state index contributed by atoms with van der Waals surface area (Å²) >= 11 is 0. The molecule has 15 heavy (non-hydrogen) atoms. The van der Waals surface area contributed by atoms with Crippen molar-refractivity contribution < 1.29 is 27.8 Å². The monoisotopic (exact) mass is 225 g/mol. The van der Waals surface area contributed by atoms with Crippen LogP contribution in [0.3, 0.4) is 0 Å². The van der Waals surface area contributed by atoms with Crippen LogP contribution < -0.4 is 0 Å². The van der Waals surface area contributed by atoms with Crippen LogP contribution in [0.1, 0.15) is 13.8 Å². The smallest absolute Gasteiger partial charge is 0.433 e. The number of ether oxygens (including phenoxy) is 1. The van der Waals surface area contributed by atoms with Gasteiger partial charge in [-0.15, -0.1) is 0 Å². The first-order valence-corrected chi connectivity index (χ1v) is 3.94. The summed E-state index contributed by atoms with van der Waals surface area (Å²) in [6.45, 7) is 2.15. The molecule has 0 spiro atoms. The van der Waals surface area contributed by atoms with E-state index in [4.69, 9.17) is 10.5 Å². The lowest BCUT2D eigenvalue weighted by Gasteiger charge is -2.11. The van der Waals surface area contributed by atoms with Crippen molar-refractivity contribution >= 4 is 11.7 Å². The summed E-state index contributed by atoms with van der Waals surface area (Å²) in [7, 11) is 0. The Morgan fingerprint density at radius 3 is 2.20 bits per heavy atom. The van der Waals surface area contributed by atoms with Crippen LogP contribution >= 0.6 is 0 Å². The van der Waals surface area contributed by atoms with Crippen LogP contribution in [0.5, 0.6) is 0 Å². The Balaban J connectivity index is 5.13. The van der Waals surface area contributed by atoms with Gasteiger partial charge in [0.1, 0.15) is 11.3 Å². The molecule has 0 aromatic carbocycles. The lowest BCUT2D eigenvalue weighted by Crippen LogP contribution is -2.29. The molecule has 0 saturated carbocycles. The maximum atomic E-state index is 12.1. The molecule has 0 aliphatic heterocycles. The fraction of sp³-hybridized carbons (Fsp3) is 0.500. The van der Waals surface area contributed by atoms with E-state index >= 15 is 0 Å². The Bertz CT molecular complexity index is 303. The van der Waals surface area contributed by atoms with Crippen LogP contribution in [0.4, 0.5) is 13.2 Å². The molecule has 0 radical (unpaired) electrons. The molecule has 0 unspecified atom stereocenters. The van der Waals surface area contributed by atoms with Gasteiger partial charge in [0.05, 0.1) is 6.61 Å². The number of carbonyl (C=O) groups excluding carboxylic acids is 1. The Kier molecular flexibility index (Phi) is 4.32. The highest BCUT2D eigenvalue weighted by atomic mass is 19.4. The number of hydrogen-bond acceptors (Lipinski definition) is 4. The van der Waals surface area contributed by atoms with Gasteiger partial charge in [-0.25, -0.2) is 4.79 Å². The number of esters is 1. The van der Waals surface area contributed by atoms with Crippen molar-refractivity contribution in [2.24, 2.45) is 0 Å². The molecule has 0 amide bonds. The molecule has 0 fully saturated rings. The van der Waals surface area contributed by atoms with E-state index in [1.54, 1.807) is 0 Å². The Hall–Kier alpha value is -1.53. The van der Waals surface area contributed by atoms with E-state index < -0.39 is 29.2 Å². The zero-order chi connectivity index (χ0) is 12.2. The van der Waals surface area contributed by atoms with E-state index in [0.29, 0.717) is 0 Å². The quantitative estimate of drug-likeness (QED) is 0.334. The summed E-state index contributed by atoms with van der Waals surface area (Å²) in [5.41, 5.74) is -3.08. The van der Waals surface area contributed by atoms with Crippen LogP contribution in [0.15, 0.2) is 11.3 Å². The molecule has 0 aliphatic carbocycles. The topological polar surface area (TPSA) is 70.4 Å². The number of carbonyl (C=O) groups is 1. The van der Waals surface area contributed by atoms with E-state index in [1.807, 2.05) is 0 Å². The first-order valence-electron chi connectivity index (χ1n) is 3.94. The first kappa shape index (κ1) is 13.5. The third kappa shape index (κ3) is 3.61. The molecule has 0 bridgehead atoms. The van der Waals surface area contributed by atoms with Crippen molar-refractivity contribution in [1.82, 2.24) is 0 Å². The zero-order valence-electron chi connectivity index (χ0n) is 8.10. The van der Waals surface area contributed by atoms with Crippen molar-refractivity contribution in [3.05, 3.63) is 11.3 Å². The Morgan fingerprint density at radius 1 is 1.47 bits per heavy atom. The molecule has 4 nitrogen and oxygen atoms in total. The predicted octanol–water partition coefficient (Wildman–Crippen LogP) is 1.96. The van der Waals surface area contributed by atoms with Gasteiger partial charge in [0.15, 0.2) is 5.71 Å². The molecule has 0 aromatic rings. The van der Waals surface area contributed by atoms with Gasteiger partial charge in [0.2, 0.25) is 0 Å². The number of hydrogen-bond donors (Lipinski definition) is 2. The molecule has 2 N–H and O–H groups in total. The maximum Gasteiger partial charge on any atom is 0.433 e. The number of aliphatic hydroxyl groups is 1. The number of alkyl halides is 3. The summed E-state index contributed by atoms with van der Waals surface area (Å²) in [6.07, 6.45) is -4.99.